The summed E-state index contributed by atoms with van der Waals surface area (Å²) in [7, 11) is 0. The molecule has 1 unspecified atom stereocenters. The standard InChI is InChI=1S/C10H18O4.Ba.2H/c1-6(10(2,3)4)5-7(8(11)12)9(13)14;;;/h6-7H,5H2,1-4H3,(H,11,12)(H,13,14);;;. The first kappa shape index (κ1) is 17.9. The number of carboxylic acids is 2. The molecular weight excluding hydrogens is 321 g/mol. The van der Waals surface area contributed by atoms with Gasteiger partial charge in [0.25, 0.3) is 0 Å². The van der Waals surface area contributed by atoms with Crippen LogP contribution in [0, 0.1) is 17.3 Å². The third kappa shape index (κ3) is 6.63. The minimum absolute atomic E-state index is 0. The Morgan fingerprint density at radius 3 is 1.67 bits per heavy atom. The van der Waals surface area contributed by atoms with E-state index in [-0.39, 0.29) is 66.6 Å². The topological polar surface area (TPSA) is 74.6 Å². The second kappa shape index (κ2) is 6.96. The predicted octanol–water partition coefficient (Wildman–Crippen LogP) is 0.928. The van der Waals surface area contributed by atoms with Gasteiger partial charge < -0.3 is 10.2 Å². The van der Waals surface area contributed by atoms with Gasteiger partial charge in [0.15, 0.2) is 5.92 Å². The molecule has 0 fully saturated rings. The van der Waals surface area contributed by atoms with E-state index in [0.717, 1.165) is 0 Å². The summed E-state index contributed by atoms with van der Waals surface area (Å²) < 4.78 is 0. The molecular formula is C10H20BaO4. The molecule has 2 N–H and O–H groups in total. The van der Waals surface area contributed by atoms with Gasteiger partial charge in [0.1, 0.15) is 0 Å². The molecule has 0 rings (SSSR count). The van der Waals surface area contributed by atoms with E-state index in [2.05, 4.69) is 0 Å². The Kier molecular flexibility index (Phi) is 8.30. The third-order valence-corrected chi connectivity index (χ3v) is 2.66. The van der Waals surface area contributed by atoms with Crippen molar-refractivity contribution in [3.8, 4) is 0 Å². The normalized spacial score (nSPS) is 13.1. The van der Waals surface area contributed by atoms with Crippen LogP contribution in [0.25, 0.3) is 0 Å². The van der Waals surface area contributed by atoms with Crippen molar-refractivity contribution >= 4 is 60.8 Å². The van der Waals surface area contributed by atoms with E-state index >= 15 is 0 Å². The summed E-state index contributed by atoms with van der Waals surface area (Å²) >= 11 is 0. The summed E-state index contributed by atoms with van der Waals surface area (Å²) in [4.78, 5) is 21.2. The zero-order chi connectivity index (χ0) is 11.5. The van der Waals surface area contributed by atoms with Gasteiger partial charge in [-0.1, -0.05) is 27.7 Å². The van der Waals surface area contributed by atoms with Crippen LogP contribution in [-0.2, 0) is 9.59 Å². The van der Waals surface area contributed by atoms with E-state index in [4.69, 9.17) is 10.2 Å². The van der Waals surface area contributed by atoms with E-state index < -0.39 is 17.9 Å². The van der Waals surface area contributed by atoms with Crippen LogP contribution < -0.4 is 0 Å². The molecule has 5 heteroatoms. The predicted molar refractivity (Wildman–Crippen MR) is 60.5 cm³/mol. The summed E-state index contributed by atoms with van der Waals surface area (Å²) in [6.07, 6.45) is 0.175. The Bertz CT molecular complexity index is 218. The van der Waals surface area contributed by atoms with Crippen molar-refractivity contribution < 1.29 is 19.8 Å². The average molecular weight is 342 g/mol. The van der Waals surface area contributed by atoms with E-state index in [1.54, 1.807) is 0 Å². The molecule has 1 atom stereocenters. The molecule has 0 aromatic carbocycles. The van der Waals surface area contributed by atoms with E-state index in [9.17, 15) is 9.59 Å². The SMILES string of the molecule is CC(CC(C(=O)O)C(=O)O)C(C)(C)C.[BaH2]. The van der Waals surface area contributed by atoms with E-state index in [1.165, 1.54) is 0 Å². The van der Waals surface area contributed by atoms with Crippen LogP contribution >= 0.6 is 0 Å². The number of hydrogen-bond acceptors (Lipinski definition) is 2. The van der Waals surface area contributed by atoms with E-state index in [1.807, 2.05) is 27.7 Å². The Hall–Kier alpha value is 0.511. The van der Waals surface area contributed by atoms with Crippen LogP contribution in [0.1, 0.15) is 34.1 Å². The molecule has 0 saturated carbocycles. The molecule has 0 radical (unpaired) electrons. The van der Waals surface area contributed by atoms with Gasteiger partial charge >= 0.3 is 60.8 Å². The fourth-order valence-electron chi connectivity index (χ4n) is 1.01. The average Bonchev–Trinajstić information content (AvgIpc) is 1.96. The summed E-state index contributed by atoms with van der Waals surface area (Å²) in [5, 5.41) is 17.4. The molecule has 0 heterocycles. The maximum atomic E-state index is 10.6. The van der Waals surface area contributed by atoms with Gasteiger partial charge in [-0.15, -0.1) is 0 Å². The fraction of sp³-hybridized carbons (Fsp3) is 0.800. The molecule has 0 aliphatic rings. The third-order valence-electron chi connectivity index (χ3n) is 2.66. The summed E-state index contributed by atoms with van der Waals surface area (Å²) in [5.41, 5.74) is -0.0663. The second-order valence-corrected chi connectivity index (χ2v) is 4.73. The Morgan fingerprint density at radius 1 is 1.13 bits per heavy atom. The monoisotopic (exact) mass is 342 g/mol. The molecule has 0 aromatic rings. The number of hydrogen-bond donors (Lipinski definition) is 2. The van der Waals surface area contributed by atoms with Crippen molar-refractivity contribution in [2.24, 2.45) is 17.3 Å². The van der Waals surface area contributed by atoms with Crippen molar-refractivity contribution in [1.29, 1.82) is 0 Å². The first-order valence-electron chi connectivity index (χ1n) is 4.62. The first-order valence-corrected chi connectivity index (χ1v) is 4.62. The molecule has 0 amide bonds. The summed E-state index contributed by atoms with van der Waals surface area (Å²) in [5.74, 6) is -3.74. The number of rotatable bonds is 4. The minimum atomic E-state index is -1.29. The van der Waals surface area contributed by atoms with Gasteiger partial charge in [-0.25, -0.2) is 0 Å². The van der Waals surface area contributed by atoms with Crippen molar-refractivity contribution in [3.63, 3.8) is 0 Å². The van der Waals surface area contributed by atoms with Crippen molar-refractivity contribution in [3.05, 3.63) is 0 Å². The molecule has 0 aliphatic heterocycles. The molecule has 86 valence electrons. The Labute approximate surface area is 131 Å². The zero-order valence-electron chi connectivity index (χ0n) is 9.07. The second-order valence-electron chi connectivity index (χ2n) is 4.73. The summed E-state index contributed by atoms with van der Waals surface area (Å²) in [6, 6.07) is 0. The van der Waals surface area contributed by atoms with Gasteiger partial charge in [0, 0.05) is 0 Å². The molecule has 0 saturated heterocycles. The molecule has 15 heavy (non-hydrogen) atoms. The van der Waals surface area contributed by atoms with Crippen molar-refractivity contribution in [1.82, 2.24) is 0 Å². The molecule has 0 aromatic heterocycles. The quantitative estimate of drug-likeness (QED) is 0.589. The van der Waals surface area contributed by atoms with Gasteiger partial charge in [-0.05, 0) is 17.8 Å². The van der Waals surface area contributed by atoms with Gasteiger partial charge in [0.05, 0.1) is 0 Å². The van der Waals surface area contributed by atoms with Gasteiger partial charge in [-0.3, -0.25) is 9.59 Å². The number of carbonyl (C=O) groups is 2. The maximum absolute atomic E-state index is 10.6. The Balaban J connectivity index is 0. The molecule has 0 spiro atoms. The Morgan fingerprint density at radius 2 is 1.47 bits per heavy atom. The molecule has 4 nitrogen and oxygen atoms in total. The number of carboxylic acid groups (broad SMARTS) is 2. The van der Waals surface area contributed by atoms with Gasteiger partial charge in [0.2, 0.25) is 0 Å². The molecule has 0 aliphatic carbocycles. The van der Waals surface area contributed by atoms with Crippen molar-refractivity contribution in [2.75, 3.05) is 0 Å². The first-order chi connectivity index (χ1) is 6.16. The van der Waals surface area contributed by atoms with Crippen LogP contribution in [0.5, 0.6) is 0 Å². The molecule has 0 bridgehead atoms. The van der Waals surface area contributed by atoms with E-state index in [0.29, 0.717) is 0 Å². The zero-order valence-corrected chi connectivity index (χ0v) is 9.07. The van der Waals surface area contributed by atoms with Gasteiger partial charge in [-0.2, -0.15) is 0 Å². The summed E-state index contributed by atoms with van der Waals surface area (Å²) in [6.45, 7) is 7.79. The number of aliphatic carboxylic acids is 2. The van der Waals surface area contributed by atoms with Crippen LogP contribution in [0.15, 0.2) is 0 Å². The van der Waals surface area contributed by atoms with Crippen LogP contribution in [0.4, 0.5) is 0 Å². The van der Waals surface area contributed by atoms with Crippen LogP contribution in [0.2, 0.25) is 0 Å². The fourth-order valence-corrected chi connectivity index (χ4v) is 1.01. The van der Waals surface area contributed by atoms with Crippen LogP contribution in [0.3, 0.4) is 0 Å². The van der Waals surface area contributed by atoms with Crippen LogP contribution in [-0.4, -0.2) is 71.0 Å². The van der Waals surface area contributed by atoms with Crippen molar-refractivity contribution in [2.45, 2.75) is 34.1 Å².